The third-order valence-electron chi connectivity index (χ3n) is 6.42. The van der Waals surface area contributed by atoms with E-state index in [4.69, 9.17) is 25.8 Å². The molecule has 1 aromatic heterocycles. The van der Waals surface area contributed by atoms with Crippen molar-refractivity contribution >= 4 is 34.2 Å². The highest BCUT2D eigenvalue weighted by molar-refractivity contribution is 6.31. The number of aromatic amines is 1. The predicted octanol–water partition coefficient (Wildman–Crippen LogP) is 6.03. The first-order chi connectivity index (χ1) is 17.0. The molecule has 0 aliphatic carbocycles. The van der Waals surface area contributed by atoms with Crippen LogP contribution < -0.4 is 19.5 Å². The number of rotatable bonds is 5. The number of halogens is 1. The number of methoxy groups -OCH3 is 3. The molecule has 1 aliphatic heterocycles. The zero-order valence-corrected chi connectivity index (χ0v) is 20.5. The number of ether oxygens (including phenoxy) is 3. The maximum absolute atomic E-state index is 13.6. The van der Waals surface area contributed by atoms with Gasteiger partial charge in [-0.2, -0.15) is 0 Å². The average molecular weight is 492 g/mol. The van der Waals surface area contributed by atoms with E-state index in [0.717, 1.165) is 27.9 Å². The number of hydrogen-bond donors (Lipinski definition) is 2. The molecule has 1 aliphatic rings. The van der Waals surface area contributed by atoms with Crippen molar-refractivity contribution in [3.63, 3.8) is 0 Å². The van der Waals surface area contributed by atoms with Crippen LogP contribution in [-0.4, -0.2) is 43.8 Å². The highest BCUT2D eigenvalue weighted by atomic mass is 35.5. The van der Waals surface area contributed by atoms with E-state index in [2.05, 4.69) is 10.3 Å². The molecule has 0 saturated carbocycles. The molecule has 0 saturated heterocycles. The number of carbonyl (C=O) groups is 1. The summed E-state index contributed by atoms with van der Waals surface area (Å²) in [5.74, 6) is 1.90. The molecule has 1 atom stereocenters. The van der Waals surface area contributed by atoms with Gasteiger partial charge in [0.25, 0.3) is 0 Å². The summed E-state index contributed by atoms with van der Waals surface area (Å²) >= 11 is 6.30. The number of anilines is 1. The van der Waals surface area contributed by atoms with Crippen molar-refractivity contribution in [1.29, 1.82) is 0 Å². The summed E-state index contributed by atoms with van der Waals surface area (Å²) in [5, 5.41) is 4.80. The van der Waals surface area contributed by atoms with Gasteiger partial charge in [-0.15, -0.1) is 0 Å². The van der Waals surface area contributed by atoms with E-state index in [-0.39, 0.29) is 12.1 Å². The van der Waals surface area contributed by atoms with E-state index in [1.807, 2.05) is 47.4 Å². The number of carbonyl (C=O) groups excluding carboxylic acids is 1. The van der Waals surface area contributed by atoms with E-state index in [0.29, 0.717) is 35.2 Å². The molecule has 0 radical (unpaired) electrons. The van der Waals surface area contributed by atoms with Crippen LogP contribution in [0.4, 0.5) is 10.5 Å². The van der Waals surface area contributed by atoms with Crippen LogP contribution in [0.25, 0.3) is 10.9 Å². The smallest absolute Gasteiger partial charge is 0.322 e. The lowest BCUT2D eigenvalue weighted by molar-refractivity contribution is 0.193. The molecule has 2 N–H and O–H groups in total. The maximum atomic E-state index is 13.6. The molecule has 0 fully saturated rings. The van der Waals surface area contributed by atoms with Crippen LogP contribution in [0.2, 0.25) is 5.02 Å². The first-order valence-corrected chi connectivity index (χ1v) is 11.6. The molecule has 35 heavy (non-hydrogen) atoms. The molecule has 2 heterocycles. The SMILES string of the molecule is COc1ccc([C@@H]2c3[nH]c4ccc(Cl)cc4c3CCN2C(=O)Nc2ccc(OC)c(OC)c2)cc1. The average Bonchev–Trinajstić information content (AvgIpc) is 3.25. The fourth-order valence-electron chi connectivity index (χ4n) is 4.72. The van der Waals surface area contributed by atoms with Crippen LogP contribution in [0, 0.1) is 0 Å². The molecule has 7 nitrogen and oxygen atoms in total. The van der Waals surface area contributed by atoms with Gasteiger partial charge in [0.2, 0.25) is 0 Å². The minimum absolute atomic E-state index is 0.208. The standard InChI is InChI=1S/C27H26ClN3O4/c1-33-19-8-4-16(5-9-19)26-25-20(21-14-17(28)6-10-22(21)30-25)12-13-31(26)27(32)29-18-7-11-23(34-2)24(15-18)35-3/h4-11,14-15,26,30H,12-13H2,1-3H3,(H,29,32)/t26-/m1/s1. The molecule has 0 bridgehead atoms. The van der Waals surface area contributed by atoms with Gasteiger partial charge in [-0.05, 0) is 60.0 Å². The lowest BCUT2D eigenvalue weighted by Gasteiger charge is -2.36. The fraction of sp³-hybridized carbons (Fsp3) is 0.222. The number of H-pyrrole nitrogens is 1. The highest BCUT2D eigenvalue weighted by Gasteiger charge is 2.34. The van der Waals surface area contributed by atoms with Gasteiger partial charge in [-0.25, -0.2) is 4.79 Å². The number of nitrogens with zero attached hydrogens (tertiary/aromatic N) is 1. The second-order valence-electron chi connectivity index (χ2n) is 8.33. The van der Waals surface area contributed by atoms with Crippen molar-refractivity contribution in [2.75, 3.05) is 33.2 Å². The normalized spacial score (nSPS) is 15.0. The Labute approximate surface area is 208 Å². The summed E-state index contributed by atoms with van der Waals surface area (Å²) in [7, 11) is 4.78. The zero-order valence-electron chi connectivity index (χ0n) is 19.7. The second-order valence-corrected chi connectivity index (χ2v) is 8.76. The second kappa shape index (κ2) is 9.43. The third kappa shape index (κ3) is 4.23. The summed E-state index contributed by atoms with van der Waals surface area (Å²) < 4.78 is 16.0. The Bertz CT molecular complexity index is 1380. The van der Waals surface area contributed by atoms with Crippen molar-refractivity contribution in [3.05, 3.63) is 82.5 Å². The molecular weight excluding hydrogens is 466 g/mol. The molecule has 0 unspecified atom stereocenters. The summed E-state index contributed by atoms with van der Waals surface area (Å²) in [6, 6.07) is 18.4. The summed E-state index contributed by atoms with van der Waals surface area (Å²) in [6.45, 7) is 0.544. The Balaban J connectivity index is 1.54. The lowest BCUT2D eigenvalue weighted by Crippen LogP contribution is -2.43. The Morgan fingerprint density at radius 1 is 0.971 bits per heavy atom. The fourth-order valence-corrected chi connectivity index (χ4v) is 4.89. The maximum Gasteiger partial charge on any atom is 0.322 e. The van der Waals surface area contributed by atoms with E-state index >= 15 is 0 Å². The zero-order chi connectivity index (χ0) is 24.5. The molecule has 180 valence electrons. The monoisotopic (exact) mass is 491 g/mol. The van der Waals surface area contributed by atoms with Gasteiger partial charge in [0.15, 0.2) is 11.5 Å². The van der Waals surface area contributed by atoms with Crippen molar-refractivity contribution < 1.29 is 19.0 Å². The van der Waals surface area contributed by atoms with Crippen molar-refractivity contribution in [1.82, 2.24) is 9.88 Å². The minimum atomic E-state index is -0.309. The van der Waals surface area contributed by atoms with Crippen LogP contribution in [0.15, 0.2) is 60.7 Å². The van der Waals surface area contributed by atoms with Crippen molar-refractivity contribution in [3.8, 4) is 17.2 Å². The molecule has 3 aromatic carbocycles. The van der Waals surface area contributed by atoms with Gasteiger partial charge in [0.1, 0.15) is 5.75 Å². The Kier molecular flexibility index (Phi) is 6.17. The Morgan fingerprint density at radius 3 is 2.46 bits per heavy atom. The van der Waals surface area contributed by atoms with E-state index < -0.39 is 0 Å². The van der Waals surface area contributed by atoms with Gasteiger partial charge in [0, 0.05) is 39.9 Å². The van der Waals surface area contributed by atoms with Crippen LogP contribution in [0.3, 0.4) is 0 Å². The molecule has 5 rings (SSSR count). The quantitative estimate of drug-likeness (QED) is 0.357. The predicted molar refractivity (Wildman–Crippen MR) is 137 cm³/mol. The number of hydrogen-bond acceptors (Lipinski definition) is 4. The van der Waals surface area contributed by atoms with Gasteiger partial charge in [-0.1, -0.05) is 23.7 Å². The third-order valence-corrected chi connectivity index (χ3v) is 6.65. The van der Waals surface area contributed by atoms with Crippen LogP contribution in [0.5, 0.6) is 17.2 Å². The van der Waals surface area contributed by atoms with Crippen LogP contribution >= 0.6 is 11.6 Å². The van der Waals surface area contributed by atoms with E-state index in [1.54, 1.807) is 39.5 Å². The molecular formula is C27H26ClN3O4. The number of fused-ring (bicyclic) bond motifs is 3. The first-order valence-electron chi connectivity index (χ1n) is 11.3. The highest BCUT2D eigenvalue weighted by Crippen LogP contribution is 2.40. The summed E-state index contributed by atoms with van der Waals surface area (Å²) in [4.78, 5) is 19.0. The molecule has 2 amide bonds. The number of urea groups is 1. The Hall–Kier alpha value is -3.84. The topological polar surface area (TPSA) is 75.8 Å². The first kappa shape index (κ1) is 22.9. The Morgan fingerprint density at radius 2 is 1.74 bits per heavy atom. The number of nitrogens with one attached hydrogen (secondary N) is 2. The van der Waals surface area contributed by atoms with Crippen molar-refractivity contribution in [2.45, 2.75) is 12.5 Å². The van der Waals surface area contributed by atoms with Gasteiger partial charge in [-0.3, -0.25) is 0 Å². The lowest BCUT2D eigenvalue weighted by atomic mass is 9.92. The van der Waals surface area contributed by atoms with Crippen molar-refractivity contribution in [2.24, 2.45) is 0 Å². The summed E-state index contributed by atoms with van der Waals surface area (Å²) in [5.41, 5.74) is 4.77. The van der Waals surface area contributed by atoms with E-state index in [1.165, 1.54) is 5.56 Å². The van der Waals surface area contributed by atoms with Gasteiger partial charge < -0.3 is 29.4 Å². The minimum Gasteiger partial charge on any atom is -0.497 e. The number of aromatic nitrogens is 1. The molecule has 8 heteroatoms. The van der Waals surface area contributed by atoms with Gasteiger partial charge >= 0.3 is 6.03 Å². The van der Waals surface area contributed by atoms with Crippen LogP contribution in [-0.2, 0) is 6.42 Å². The molecule has 4 aromatic rings. The summed E-state index contributed by atoms with van der Waals surface area (Å²) in [6.07, 6.45) is 0.710. The number of amides is 2. The number of benzene rings is 3. The van der Waals surface area contributed by atoms with Crippen LogP contribution in [0.1, 0.15) is 22.9 Å². The molecule has 0 spiro atoms. The van der Waals surface area contributed by atoms with E-state index in [9.17, 15) is 4.79 Å². The van der Waals surface area contributed by atoms with Gasteiger partial charge in [0.05, 0.1) is 27.4 Å². The largest absolute Gasteiger partial charge is 0.497 e.